The number of hydrogen-bond donors (Lipinski definition) is 1. The smallest absolute Gasteiger partial charge is 0.256 e. The SMILES string of the molecule is O=C(Nc1ccc(N2CCOCC2)c(F)c1)c1cc(-c2ccccc2)nc2c1cnn2Cc1ccco1. The molecule has 5 aromatic rings. The number of ether oxygens (including phenoxy) is 1. The zero-order chi connectivity index (χ0) is 25.2. The van der Waals surface area contributed by atoms with Gasteiger partial charge in [0.05, 0.1) is 48.0 Å². The maximum atomic E-state index is 14.9. The van der Waals surface area contributed by atoms with Crippen LogP contribution in [0.2, 0.25) is 0 Å². The average molecular weight is 498 g/mol. The first-order valence-electron chi connectivity index (χ1n) is 12.0. The number of pyridine rings is 1. The molecular formula is C28H24FN5O3. The van der Waals surface area contributed by atoms with E-state index in [0.29, 0.717) is 66.5 Å². The van der Waals surface area contributed by atoms with E-state index < -0.39 is 5.82 Å². The van der Waals surface area contributed by atoms with E-state index in [-0.39, 0.29) is 5.91 Å². The van der Waals surface area contributed by atoms with E-state index in [0.717, 1.165) is 11.3 Å². The summed E-state index contributed by atoms with van der Waals surface area (Å²) in [6.07, 6.45) is 3.23. The molecule has 1 amide bonds. The third kappa shape index (κ3) is 4.68. The van der Waals surface area contributed by atoms with E-state index in [1.165, 1.54) is 6.07 Å². The summed E-state index contributed by atoms with van der Waals surface area (Å²) < 4.78 is 27.5. The van der Waals surface area contributed by atoms with Gasteiger partial charge in [-0.3, -0.25) is 4.79 Å². The topological polar surface area (TPSA) is 85.4 Å². The van der Waals surface area contributed by atoms with Gasteiger partial charge < -0.3 is 19.4 Å². The summed E-state index contributed by atoms with van der Waals surface area (Å²) >= 11 is 0. The van der Waals surface area contributed by atoms with Gasteiger partial charge >= 0.3 is 0 Å². The quantitative estimate of drug-likeness (QED) is 0.357. The average Bonchev–Trinajstić information content (AvgIpc) is 3.60. The molecule has 0 unspecified atom stereocenters. The van der Waals surface area contributed by atoms with Crippen LogP contribution in [-0.4, -0.2) is 47.0 Å². The van der Waals surface area contributed by atoms with Crippen molar-refractivity contribution < 1.29 is 18.3 Å². The zero-order valence-corrected chi connectivity index (χ0v) is 19.9. The standard InChI is InChI=1S/C28H24FN5O3/c29-24-15-20(8-9-26(24)33-10-13-36-14-11-33)31-28(35)22-16-25(19-5-2-1-3-6-19)32-27-23(22)17-30-34(27)18-21-7-4-12-37-21/h1-9,12,15-17H,10-11,13-14,18H2,(H,31,35). The fourth-order valence-electron chi connectivity index (χ4n) is 4.50. The number of benzene rings is 2. The molecule has 3 aromatic heterocycles. The predicted octanol–water partition coefficient (Wildman–Crippen LogP) is 4.97. The highest BCUT2D eigenvalue weighted by Gasteiger charge is 2.20. The molecule has 1 aliphatic rings. The van der Waals surface area contributed by atoms with Gasteiger partial charge in [0.1, 0.15) is 18.1 Å². The van der Waals surface area contributed by atoms with Gasteiger partial charge in [-0.05, 0) is 36.4 Å². The lowest BCUT2D eigenvalue weighted by molar-refractivity contribution is 0.102. The molecule has 1 N–H and O–H groups in total. The van der Waals surface area contributed by atoms with E-state index in [1.54, 1.807) is 35.3 Å². The molecule has 2 aromatic carbocycles. The molecule has 1 fully saturated rings. The third-order valence-electron chi connectivity index (χ3n) is 6.37. The van der Waals surface area contributed by atoms with Crippen LogP contribution in [0.15, 0.2) is 83.6 Å². The maximum Gasteiger partial charge on any atom is 0.256 e. The summed E-state index contributed by atoms with van der Waals surface area (Å²) in [5, 5.41) is 7.91. The van der Waals surface area contributed by atoms with Crippen molar-refractivity contribution in [2.75, 3.05) is 36.5 Å². The molecule has 1 aliphatic heterocycles. The molecule has 0 radical (unpaired) electrons. The van der Waals surface area contributed by atoms with Crippen molar-refractivity contribution in [3.05, 3.63) is 96.3 Å². The number of halogens is 1. The van der Waals surface area contributed by atoms with E-state index in [4.69, 9.17) is 14.1 Å². The number of fused-ring (bicyclic) bond motifs is 1. The van der Waals surface area contributed by atoms with Gasteiger partial charge in [0.15, 0.2) is 5.65 Å². The first-order chi connectivity index (χ1) is 18.2. The summed E-state index contributed by atoms with van der Waals surface area (Å²) in [5.41, 5.74) is 3.31. The lowest BCUT2D eigenvalue weighted by Gasteiger charge is -2.29. The fraction of sp³-hybridized carbons (Fsp3) is 0.179. The van der Waals surface area contributed by atoms with Gasteiger partial charge in [-0.1, -0.05) is 30.3 Å². The highest BCUT2D eigenvalue weighted by Crippen LogP contribution is 2.28. The number of nitrogens with zero attached hydrogens (tertiary/aromatic N) is 4. The van der Waals surface area contributed by atoms with E-state index in [2.05, 4.69) is 10.4 Å². The van der Waals surface area contributed by atoms with Gasteiger partial charge in [0, 0.05) is 24.3 Å². The van der Waals surface area contributed by atoms with Crippen molar-refractivity contribution in [2.45, 2.75) is 6.54 Å². The Bertz CT molecular complexity index is 1540. The van der Waals surface area contributed by atoms with Crippen LogP contribution in [0.3, 0.4) is 0 Å². The second-order valence-corrected chi connectivity index (χ2v) is 8.76. The summed E-state index contributed by atoms with van der Waals surface area (Å²) in [4.78, 5) is 20.2. The summed E-state index contributed by atoms with van der Waals surface area (Å²) in [5.74, 6) is -0.0461. The molecule has 0 spiro atoms. The molecule has 4 heterocycles. The first kappa shape index (κ1) is 22.9. The van der Waals surface area contributed by atoms with Crippen LogP contribution in [0.5, 0.6) is 0 Å². The summed E-state index contributed by atoms with van der Waals surface area (Å²) in [7, 11) is 0. The lowest BCUT2D eigenvalue weighted by atomic mass is 10.1. The van der Waals surface area contributed by atoms with Crippen molar-refractivity contribution in [3.63, 3.8) is 0 Å². The van der Waals surface area contributed by atoms with Gasteiger partial charge in [0.25, 0.3) is 5.91 Å². The molecule has 0 aliphatic carbocycles. The number of anilines is 2. The van der Waals surface area contributed by atoms with E-state index in [9.17, 15) is 9.18 Å². The normalized spacial score (nSPS) is 13.7. The number of amides is 1. The molecule has 37 heavy (non-hydrogen) atoms. The van der Waals surface area contributed by atoms with Crippen LogP contribution in [0.1, 0.15) is 16.1 Å². The van der Waals surface area contributed by atoms with Crippen LogP contribution in [-0.2, 0) is 11.3 Å². The number of nitrogens with one attached hydrogen (secondary N) is 1. The summed E-state index contributed by atoms with van der Waals surface area (Å²) in [6, 6.07) is 19.8. The van der Waals surface area contributed by atoms with Gasteiger partial charge in [-0.15, -0.1) is 0 Å². The molecular weight excluding hydrogens is 473 g/mol. The Balaban J connectivity index is 1.35. The number of morpholine rings is 1. The lowest BCUT2D eigenvalue weighted by Crippen LogP contribution is -2.36. The minimum atomic E-state index is -0.393. The largest absolute Gasteiger partial charge is 0.467 e. The van der Waals surface area contributed by atoms with Crippen molar-refractivity contribution in [2.24, 2.45) is 0 Å². The molecule has 6 rings (SSSR count). The number of carbonyl (C=O) groups excluding carboxylic acids is 1. The predicted molar refractivity (Wildman–Crippen MR) is 138 cm³/mol. The molecule has 0 atom stereocenters. The van der Waals surface area contributed by atoms with E-state index >= 15 is 0 Å². The molecule has 9 heteroatoms. The maximum absolute atomic E-state index is 14.9. The number of aromatic nitrogens is 3. The third-order valence-corrected chi connectivity index (χ3v) is 6.37. The highest BCUT2D eigenvalue weighted by atomic mass is 19.1. The Morgan fingerprint density at radius 2 is 1.86 bits per heavy atom. The number of hydrogen-bond acceptors (Lipinski definition) is 6. The number of furan rings is 1. The van der Waals surface area contributed by atoms with Crippen molar-refractivity contribution in [1.82, 2.24) is 14.8 Å². The Hall–Kier alpha value is -4.50. The number of rotatable bonds is 6. The Morgan fingerprint density at radius 1 is 1.03 bits per heavy atom. The van der Waals surface area contributed by atoms with Crippen molar-refractivity contribution in [3.8, 4) is 11.3 Å². The van der Waals surface area contributed by atoms with E-state index in [1.807, 2.05) is 47.4 Å². The number of carbonyl (C=O) groups is 1. The summed E-state index contributed by atoms with van der Waals surface area (Å²) in [6.45, 7) is 2.75. The minimum absolute atomic E-state index is 0.369. The monoisotopic (exact) mass is 497 g/mol. The van der Waals surface area contributed by atoms with Crippen molar-refractivity contribution in [1.29, 1.82) is 0 Å². The van der Waals surface area contributed by atoms with Crippen molar-refractivity contribution >= 4 is 28.3 Å². The minimum Gasteiger partial charge on any atom is -0.467 e. The Kier molecular flexibility index (Phi) is 6.11. The molecule has 0 saturated carbocycles. The van der Waals surface area contributed by atoms with Crippen LogP contribution in [0.25, 0.3) is 22.3 Å². The van der Waals surface area contributed by atoms with Crippen LogP contribution in [0.4, 0.5) is 15.8 Å². The van der Waals surface area contributed by atoms with Gasteiger partial charge in [0.2, 0.25) is 0 Å². The zero-order valence-electron chi connectivity index (χ0n) is 19.9. The Morgan fingerprint density at radius 3 is 2.62 bits per heavy atom. The van der Waals surface area contributed by atoms with Crippen LogP contribution in [0, 0.1) is 5.82 Å². The molecule has 1 saturated heterocycles. The fourth-order valence-corrected chi connectivity index (χ4v) is 4.50. The second kappa shape index (κ2) is 9.87. The van der Waals surface area contributed by atoms with Gasteiger partial charge in [-0.25, -0.2) is 14.1 Å². The van der Waals surface area contributed by atoms with Crippen LogP contribution < -0.4 is 10.2 Å². The molecule has 0 bridgehead atoms. The molecule has 8 nitrogen and oxygen atoms in total. The first-order valence-corrected chi connectivity index (χ1v) is 12.0. The second-order valence-electron chi connectivity index (χ2n) is 8.76. The van der Waals surface area contributed by atoms with Gasteiger partial charge in [-0.2, -0.15) is 5.10 Å². The Labute approximate surface area is 212 Å². The van der Waals surface area contributed by atoms with Crippen LogP contribution >= 0.6 is 0 Å². The highest BCUT2D eigenvalue weighted by molar-refractivity contribution is 6.12. The molecule has 186 valence electrons.